The highest BCUT2D eigenvalue weighted by Crippen LogP contribution is 1.78. The first kappa shape index (κ1) is 12.4. The maximum atomic E-state index is 9.98. The van der Waals surface area contributed by atoms with Gasteiger partial charge >= 0.3 is 5.97 Å². The summed E-state index contributed by atoms with van der Waals surface area (Å²) in [6, 6.07) is 0. The van der Waals surface area contributed by atoms with Crippen LogP contribution in [0.25, 0.3) is 0 Å². The van der Waals surface area contributed by atoms with Crippen LogP contribution in [0.4, 0.5) is 0 Å². The third-order valence-electron chi connectivity index (χ3n) is 0.509. The van der Waals surface area contributed by atoms with Crippen LogP contribution in [-0.2, 0) is 9.53 Å². The Morgan fingerprint density at radius 3 is 2.00 bits per heavy atom. The molecule has 0 unspecified atom stereocenters. The second kappa shape index (κ2) is 8.74. The molecule has 0 heterocycles. The van der Waals surface area contributed by atoms with E-state index in [9.17, 15) is 4.79 Å². The molecule has 0 aliphatic heterocycles. The Hall–Kier alpha value is -1.26. The lowest BCUT2D eigenvalue weighted by Gasteiger charge is -1.93. The standard InChI is InChI=1S/C5H10O2.CH5N3/c1-3-4-7-5(2)6;2-1(3)4/h3-4H2,1-2H3;(H5,2,3,4). The van der Waals surface area contributed by atoms with Crippen molar-refractivity contribution in [2.45, 2.75) is 20.3 Å². The molecule has 0 spiro atoms. The molecule has 5 N–H and O–H groups in total. The molecule has 5 heteroatoms. The summed E-state index contributed by atoms with van der Waals surface area (Å²) in [6.45, 7) is 3.92. The molecule has 0 aromatic rings. The number of ether oxygens (including phenoxy) is 1. The first-order valence-corrected chi connectivity index (χ1v) is 3.23. The highest BCUT2D eigenvalue weighted by Gasteiger charge is 1.85. The summed E-state index contributed by atoms with van der Waals surface area (Å²) in [5.41, 5.74) is 8.94. The largest absolute Gasteiger partial charge is 0.466 e. The molecule has 0 aromatic carbocycles. The van der Waals surface area contributed by atoms with E-state index in [1.165, 1.54) is 6.92 Å². The number of carbonyl (C=O) groups excluding carboxylic acids is 1. The number of rotatable bonds is 2. The van der Waals surface area contributed by atoms with E-state index < -0.39 is 0 Å². The molecular weight excluding hydrogens is 146 g/mol. The molecule has 11 heavy (non-hydrogen) atoms. The summed E-state index contributed by atoms with van der Waals surface area (Å²) >= 11 is 0. The van der Waals surface area contributed by atoms with Crippen LogP contribution in [0.5, 0.6) is 0 Å². The first-order chi connectivity index (χ1) is 5.00. The Kier molecular flexibility index (Phi) is 9.87. The fraction of sp³-hybridized carbons (Fsp3) is 0.667. The lowest BCUT2D eigenvalue weighted by molar-refractivity contribution is -0.140. The van der Waals surface area contributed by atoms with Crippen molar-refractivity contribution in [1.29, 1.82) is 5.41 Å². The van der Waals surface area contributed by atoms with Gasteiger partial charge in [-0.15, -0.1) is 0 Å². The van der Waals surface area contributed by atoms with Gasteiger partial charge in [0.25, 0.3) is 0 Å². The van der Waals surface area contributed by atoms with E-state index in [1.807, 2.05) is 6.92 Å². The summed E-state index contributed by atoms with van der Waals surface area (Å²) in [4.78, 5) is 9.98. The second-order valence-electron chi connectivity index (χ2n) is 1.80. The molecule has 0 atom stereocenters. The summed E-state index contributed by atoms with van der Waals surface area (Å²) in [5, 5.41) is 6.06. The normalized spacial score (nSPS) is 7.45. The van der Waals surface area contributed by atoms with Gasteiger partial charge in [0, 0.05) is 6.92 Å². The van der Waals surface area contributed by atoms with Crippen molar-refractivity contribution in [1.82, 2.24) is 0 Å². The van der Waals surface area contributed by atoms with Gasteiger partial charge in [-0.3, -0.25) is 10.2 Å². The van der Waals surface area contributed by atoms with Crippen molar-refractivity contribution < 1.29 is 9.53 Å². The van der Waals surface area contributed by atoms with Crippen LogP contribution in [0, 0.1) is 5.41 Å². The molecule has 0 aliphatic carbocycles. The lowest BCUT2D eigenvalue weighted by Crippen LogP contribution is -2.20. The van der Waals surface area contributed by atoms with E-state index in [2.05, 4.69) is 16.2 Å². The Morgan fingerprint density at radius 2 is 1.91 bits per heavy atom. The number of guanidine groups is 1. The number of esters is 1. The van der Waals surface area contributed by atoms with Crippen molar-refractivity contribution in [3.63, 3.8) is 0 Å². The zero-order valence-electron chi connectivity index (χ0n) is 6.89. The number of nitrogens with one attached hydrogen (secondary N) is 1. The molecular formula is C6H15N3O2. The number of carbonyl (C=O) groups is 1. The number of hydrogen-bond acceptors (Lipinski definition) is 3. The zero-order valence-corrected chi connectivity index (χ0v) is 6.89. The maximum Gasteiger partial charge on any atom is 0.302 e. The number of nitrogens with two attached hydrogens (primary N) is 2. The molecule has 5 nitrogen and oxygen atoms in total. The highest BCUT2D eigenvalue weighted by molar-refractivity contribution is 5.71. The molecule has 0 saturated heterocycles. The zero-order chi connectivity index (χ0) is 9.28. The Balaban J connectivity index is 0. The summed E-state index contributed by atoms with van der Waals surface area (Å²) < 4.78 is 4.55. The Bertz CT molecular complexity index is 121. The monoisotopic (exact) mass is 161 g/mol. The summed E-state index contributed by atoms with van der Waals surface area (Å²) in [6.07, 6.45) is 0.902. The van der Waals surface area contributed by atoms with E-state index in [0.717, 1.165) is 6.42 Å². The van der Waals surface area contributed by atoms with Gasteiger partial charge in [-0.1, -0.05) is 6.92 Å². The SMILES string of the molecule is CCCOC(C)=O.N=C(N)N. The van der Waals surface area contributed by atoms with Gasteiger partial charge in [0.05, 0.1) is 6.61 Å². The molecule has 0 aromatic heterocycles. The molecule has 0 bridgehead atoms. The maximum absolute atomic E-state index is 9.98. The fourth-order valence-electron chi connectivity index (χ4n) is 0.246. The molecule has 0 fully saturated rings. The van der Waals surface area contributed by atoms with Gasteiger partial charge < -0.3 is 16.2 Å². The lowest BCUT2D eigenvalue weighted by atomic mass is 10.5. The van der Waals surface area contributed by atoms with Gasteiger partial charge in [0.2, 0.25) is 0 Å². The van der Waals surface area contributed by atoms with Gasteiger partial charge in [-0.25, -0.2) is 0 Å². The third-order valence-corrected chi connectivity index (χ3v) is 0.509. The summed E-state index contributed by atoms with van der Waals surface area (Å²) in [5.74, 6) is -0.526. The van der Waals surface area contributed by atoms with E-state index in [-0.39, 0.29) is 11.9 Å². The molecule has 0 amide bonds. The topological polar surface area (TPSA) is 102 Å². The van der Waals surface area contributed by atoms with Crippen LogP contribution in [0.1, 0.15) is 20.3 Å². The van der Waals surface area contributed by atoms with Gasteiger partial charge in [0.15, 0.2) is 5.96 Å². The molecule has 0 aliphatic rings. The molecule has 0 saturated carbocycles. The highest BCUT2D eigenvalue weighted by atomic mass is 16.5. The third kappa shape index (κ3) is 52.9. The van der Waals surface area contributed by atoms with Crippen molar-refractivity contribution in [3.05, 3.63) is 0 Å². The van der Waals surface area contributed by atoms with Gasteiger partial charge in [0.1, 0.15) is 0 Å². The minimum Gasteiger partial charge on any atom is -0.466 e. The average Bonchev–Trinajstić information content (AvgIpc) is 1.82. The molecule has 0 radical (unpaired) electrons. The summed E-state index contributed by atoms with van der Waals surface area (Å²) in [7, 11) is 0. The average molecular weight is 161 g/mol. The number of hydrogen-bond donors (Lipinski definition) is 3. The Morgan fingerprint density at radius 1 is 1.55 bits per heavy atom. The van der Waals surface area contributed by atoms with Crippen LogP contribution in [0.3, 0.4) is 0 Å². The first-order valence-electron chi connectivity index (χ1n) is 3.23. The van der Waals surface area contributed by atoms with Crippen LogP contribution in [0.2, 0.25) is 0 Å². The van der Waals surface area contributed by atoms with E-state index in [1.54, 1.807) is 0 Å². The predicted molar refractivity (Wildman–Crippen MR) is 43.0 cm³/mol. The van der Waals surface area contributed by atoms with E-state index in [0.29, 0.717) is 6.61 Å². The van der Waals surface area contributed by atoms with Crippen LogP contribution < -0.4 is 11.5 Å². The van der Waals surface area contributed by atoms with Crippen molar-refractivity contribution >= 4 is 11.9 Å². The van der Waals surface area contributed by atoms with Crippen molar-refractivity contribution in [2.24, 2.45) is 11.5 Å². The minimum absolute atomic E-state index is 0.193. The molecule has 0 rings (SSSR count). The van der Waals surface area contributed by atoms with E-state index >= 15 is 0 Å². The minimum atomic E-state index is -0.333. The Labute approximate surface area is 66.2 Å². The van der Waals surface area contributed by atoms with Crippen LogP contribution >= 0.6 is 0 Å². The van der Waals surface area contributed by atoms with E-state index in [4.69, 9.17) is 5.41 Å². The van der Waals surface area contributed by atoms with Crippen LogP contribution in [0.15, 0.2) is 0 Å². The molecule has 66 valence electrons. The van der Waals surface area contributed by atoms with Gasteiger partial charge in [-0.05, 0) is 6.42 Å². The van der Waals surface area contributed by atoms with Crippen LogP contribution in [-0.4, -0.2) is 18.5 Å². The quantitative estimate of drug-likeness (QED) is 0.296. The van der Waals surface area contributed by atoms with Crippen molar-refractivity contribution in [3.8, 4) is 0 Å². The second-order valence-corrected chi connectivity index (χ2v) is 1.80. The van der Waals surface area contributed by atoms with Gasteiger partial charge in [-0.2, -0.15) is 0 Å². The predicted octanol–water partition coefficient (Wildman–Crippen LogP) is -0.202. The fourth-order valence-corrected chi connectivity index (χ4v) is 0.246. The smallest absolute Gasteiger partial charge is 0.302 e. The van der Waals surface area contributed by atoms with Crippen molar-refractivity contribution in [2.75, 3.05) is 6.61 Å².